The van der Waals surface area contributed by atoms with E-state index in [1.165, 1.54) is 5.56 Å². The minimum Gasteiger partial charge on any atom is -0.338 e. The highest BCUT2D eigenvalue weighted by atomic mass is 16.5. The van der Waals surface area contributed by atoms with Crippen molar-refractivity contribution in [3.8, 4) is 0 Å². The number of urea groups is 1. The Morgan fingerprint density at radius 3 is 3.15 bits per heavy atom. The van der Waals surface area contributed by atoms with Gasteiger partial charge in [-0.1, -0.05) is 11.2 Å². The van der Waals surface area contributed by atoms with Crippen LogP contribution in [-0.4, -0.2) is 22.7 Å². The van der Waals surface area contributed by atoms with E-state index >= 15 is 0 Å². The number of carbonyl (C=O) groups excluding carboxylic acids is 1. The third-order valence-electron chi connectivity index (χ3n) is 3.42. The largest absolute Gasteiger partial charge is 0.338 e. The average molecular weight is 272 g/mol. The quantitative estimate of drug-likeness (QED) is 0.895. The zero-order valence-electron chi connectivity index (χ0n) is 11.2. The molecule has 0 aromatic carbocycles. The number of amides is 2. The zero-order valence-corrected chi connectivity index (χ0v) is 11.2. The number of anilines is 1. The van der Waals surface area contributed by atoms with Gasteiger partial charge in [0.2, 0.25) is 5.88 Å². The van der Waals surface area contributed by atoms with Crippen molar-refractivity contribution < 1.29 is 9.32 Å². The highest BCUT2D eigenvalue weighted by Crippen LogP contribution is 2.46. The molecule has 0 bridgehead atoms. The van der Waals surface area contributed by atoms with Crippen LogP contribution in [0.5, 0.6) is 0 Å². The number of carbonyl (C=O) groups is 1. The van der Waals surface area contributed by atoms with Crippen LogP contribution in [0.2, 0.25) is 0 Å². The number of hydrogen-bond donors (Lipinski definition) is 2. The molecule has 0 unspecified atom stereocenters. The molecule has 2 aromatic rings. The van der Waals surface area contributed by atoms with E-state index in [2.05, 4.69) is 26.8 Å². The second kappa shape index (κ2) is 5.32. The van der Waals surface area contributed by atoms with Gasteiger partial charge in [-0.25, -0.2) is 4.79 Å². The van der Waals surface area contributed by atoms with E-state index in [-0.39, 0.29) is 6.03 Å². The summed E-state index contributed by atoms with van der Waals surface area (Å²) in [5.41, 5.74) is 1.98. The smallest absolute Gasteiger partial charge is 0.321 e. The first-order valence-electron chi connectivity index (χ1n) is 6.60. The molecule has 0 spiro atoms. The highest BCUT2D eigenvalue weighted by Gasteiger charge is 2.38. The number of pyridine rings is 1. The Bertz CT molecular complexity index is 596. The van der Waals surface area contributed by atoms with Crippen LogP contribution in [0.25, 0.3) is 0 Å². The third-order valence-corrected chi connectivity index (χ3v) is 3.42. The molecule has 6 nitrogen and oxygen atoms in total. The summed E-state index contributed by atoms with van der Waals surface area (Å²) < 4.78 is 4.92. The van der Waals surface area contributed by atoms with E-state index < -0.39 is 0 Å². The van der Waals surface area contributed by atoms with Gasteiger partial charge in [-0.05, 0) is 36.8 Å². The molecule has 3 rings (SSSR count). The predicted octanol–water partition coefficient (Wildman–Crippen LogP) is 2.30. The summed E-state index contributed by atoms with van der Waals surface area (Å²) in [5, 5.41) is 9.16. The zero-order chi connectivity index (χ0) is 13.9. The number of aromatic nitrogens is 2. The SMILES string of the molecule is Cc1cc(NC(=O)NC[C@@H]2C[C@H]2c2cccnc2)on1. The van der Waals surface area contributed by atoms with Crippen molar-refractivity contribution in [1.29, 1.82) is 0 Å². The van der Waals surface area contributed by atoms with Crippen LogP contribution in [0.3, 0.4) is 0 Å². The summed E-state index contributed by atoms with van der Waals surface area (Å²) in [6.07, 6.45) is 4.75. The summed E-state index contributed by atoms with van der Waals surface area (Å²) in [4.78, 5) is 15.8. The van der Waals surface area contributed by atoms with Crippen molar-refractivity contribution in [3.05, 3.63) is 41.9 Å². The first kappa shape index (κ1) is 12.7. The topological polar surface area (TPSA) is 80.0 Å². The molecule has 20 heavy (non-hydrogen) atoms. The van der Waals surface area contributed by atoms with Gasteiger partial charge in [0.15, 0.2) is 0 Å². The molecule has 6 heteroatoms. The monoisotopic (exact) mass is 272 g/mol. The molecule has 0 aliphatic heterocycles. The summed E-state index contributed by atoms with van der Waals surface area (Å²) >= 11 is 0. The molecule has 1 saturated carbocycles. The van der Waals surface area contributed by atoms with Crippen LogP contribution in [0.1, 0.15) is 23.6 Å². The van der Waals surface area contributed by atoms with Crippen molar-refractivity contribution >= 4 is 11.9 Å². The van der Waals surface area contributed by atoms with Crippen molar-refractivity contribution in [2.45, 2.75) is 19.3 Å². The Labute approximate surface area is 116 Å². The highest BCUT2D eigenvalue weighted by molar-refractivity contribution is 5.87. The molecule has 2 aromatic heterocycles. The number of rotatable bonds is 4. The van der Waals surface area contributed by atoms with Gasteiger partial charge >= 0.3 is 6.03 Å². The van der Waals surface area contributed by atoms with Crippen molar-refractivity contribution in [2.24, 2.45) is 5.92 Å². The molecule has 2 atom stereocenters. The molecule has 2 heterocycles. The predicted molar refractivity (Wildman–Crippen MR) is 73.3 cm³/mol. The molecule has 0 saturated heterocycles. The van der Waals surface area contributed by atoms with Gasteiger partial charge in [-0.2, -0.15) is 0 Å². The van der Waals surface area contributed by atoms with E-state index in [1.54, 1.807) is 19.2 Å². The van der Waals surface area contributed by atoms with Crippen LogP contribution in [0.15, 0.2) is 35.1 Å². The lowest BCUT2D eigenvalue weighted by atomic mass is 10.1. The minimum absolute atomic E-state index is 0.266. The van der Waals surface area contributed by atoms with Gasteiger partial charge in [-0.3, -0.25) is 10.3 Å². The fraction of sp³-hybridized carbons (Fsp3) is 0.357. The first-order chi connectivity index (χ1) is 9.72. The van der Waals surface area contributed by atoms with Gasteiger partial charge in [0, 0.05) is 25.0 Å². The number of hydrogen-bond acceptors (Lipinski definition) is 4. The van der Waals surface area contributed by atoms with Crippen molar-refractivity contribution in [2.75, 3.05) is 11.9 Å². The van der Waals surface area contributed by atoms with Crippen LogP contribution < -0.4 is 10.6 Å². The maximum absolute atomic E-state index is 11.7. The normalized spacial score (nSPS) is 20.4. The van der Waals surface area contributed by atoms with Gasteiger partial charge in [0.1, 0.15) is 0 Å². The molecule has 2 N–H and O–H groups in total. The Hall–Kier alpha value is -2.37. The van der Waals surface area contributed by atoms with Gasteiger partial charge < -0.3 is 9.84 Å². The Balaban J connectivity index is 1.44. The van der Waals surface area contributed by atoms with Gasteiger partial charge in [0.05, 0.1) is 5.69 Å². The fourth-order valence-corrected chi connectivity index (χ4v) is 2.28. The molecular formula is C14H16N4O2. The number of nitrogens with one attached hydrogen (secondary N) is 2. The van der Waals surface area contributed by atoms with E-state index in [0.29, 0.717) is 24.3 Å². The standard InChI is InChI=1S/C14H16N4O2/c1-9-5-13(20-18-9)17-14(19)16-8-11-6-12(11)10-3-2-4-15-7-10/h2-5,7,11-12H,6,8H2,1H3,(H2,16,17,19)/t11-,12-/m0/s1. The van der Waals surface area contributed by atoms with Gasteiger partial charge in [-0.15, -0.1) is 0 Å². The summed E-state index contributed by atoms with van der Waals surface area (Å²) in [7, 11) is 0. The molecular weight excluding hydrogens is 256 g/mol. The number of nitrogens with zero attached hydrogens (tertiary/aromatic N) is 2. The lowest BCUT2D eigenvalue weighted by Gasteiger charge is -2.04. The summed E-state index contributed by atoms with van der Waals surface area (Å²) in [5.74, 6) is 1.36. The van der Waals surface area contributed by atoms with Gasteiger partial charge in [0.25, 0.3) is 0 Å². The number of aryl methyl sites for hydroxylation is 1. The van der Waals surface area contributed by atoms with Crippen LogP contribution >= 0.6 is 0 Å². The third kappa shape index (κ3) is 2.96. The molecule has 1 aliphatic carbocycles. The Kier molecular flexibility index (Phi) is 3.37. The van der Waals surface area contributed by atoms with Crippen LogP contribution in [-0.2, 0) is 0 Å². The van der Waals surface area contributed by atoms with Crippen LogP contribution in [0, 0.1) is 12.8 Å². The maximum Gasteiger partial charge on any atom is 0.321 e. The fourth-order valence-electron chi connectivity index (χ4n) is 2.28. The molecule has 1 aliphatic rings. The van der Waals surface area contributed by atoms with E-state index in [4.69, 9.17) is 4.52 Å². The Morgan fingerprint density at radius 1 is 1.55 bits per heavy atom. The molecule has 104 valence electrons. The van der Waals surface area contributed by atoms with E-state index in [0.717, 1.165) is 12.1 Å². The minimum atomic E-state index is -0.266. The van der Waals surface area contributed by atoms with Crippen molar-refractivity contribution in [3.63, 3.8) is 0 Å². The second-order valence-electron chi connectivity index (χ2n) is 5.06. The molecule has 1 fully saturated rings. The maximum atomic E-state index is 11.7. The average Bonchev–Trinajstić information content (AvgIpc) is 3.13. The lowest BCUT2D eigenvalue weighted by Crippen LogP contribution is -2.30. The Morgan fingerprint density at radius 2 is 2.45 bits per heavy atom. The second-order valence-corrected chi connectivity index (χ2v) is 5.06. The van der Waals surface area contributed by atoms with Crippen LogP contribution in [0.4, 0.5) is 10.7 Å². The first-order valence-corrected chi connectivity index (χ1v) is 6.60. The van der Waals surface area contributed by atoms with Crippen molar-refractivity contribution in [1.82, 2.24) is 15.5 Å². The molecule has 2 amide bonds. The van der Waals surface area contributed by atoms with E-state index in [1.807, 2.05) is 12.3 Å². The summed E-state index contributed by atoms with van der Waals surface area (Å²) in [6, 6.07) is 5.43. The molecule has 0 radical (unpaired) electrons. The summed E-state index contributed by atoms with van der Waals surface area (Å²) in [6.45, 7) is 2.45. The lowest BCUT2D eigenvalue weighted by molar-refractivity contribution is 0.250. The van der Waals surface area contributed by atoms with E-state index in [9.17, 15) is 4.79 Å².